The molecule has 1 aliphatic rings. The molecule has 1 fully saturated rings. The van der Waals surface area contributed by atoms with E-state index in [4.69, 9.17) is 23.2 Å². The van der Waals surface area contributed by atoms with Crippen molar-refractivity contribution in [1.29, 1.82) is 0 Å². The highest BCUT2D eigenvalue weighted by molar-refractivity contribution is 6.34. The summed E-state index contributed by atoms with van der Waals surface area (Å²) >= 11 is 12.1. The van der Waals surface area contributed by atoms with Crippen LogP contribution in [-0.4, -0.2) is 23.1 Å². The lowest BCUT2D eigenvalue weighted by Crippen LogP contribution is -2.42. The fourth-order valence-corrected chi connectivity index (χ4v) is 3.56. The molecule has 0 unspecified atom stereocenters. The summed E-state index contributed by atoms with van der Waals surface area (Å²) in [5.41, 5.74) is 1.30. The Balaban J connectivity index is 1.67. The average Bonchev–Trinajstić information content (AvgIpc) is 2.50. The highest BCUT2D eigenvalue weighted by Gasteiger charge is 2.34. The van der Waals surface area contributed by atoms with E-state index in [9.17, 15) is 5.11 Å². The van der Waals surface area contributed by atoms with Gasteiger partial charge in [0.15, 0.2) is 0 Å². The summed E-state index contributed by atoms with van der Waals surface area (Å²) in [7, 11) is 0. The zero-order valence-corrected chi connectivity index (χ0v) is 13.8. The number of piperidine rings is 1. The Morgan fingerprint density at radius 1 is 0.955 bits per heavy atom. The van der Waals surface area contributed by atoms with E-state index in [0.29, 0.717) is 22.9 Å². The zero-order chi connectivity index (χ0) is 15.6. The number of nitrogens with zero attached hydrogens (tertiary/aromatic N) is 1. The van der Waals surface area contributed by atoms with E-state index in [1.165, 1.54) is 5.56 Å². The summed E-state index contributed by atoms with van der Waals surface area (Å²) in [6.45, 7) is 2.64. The van der Waals surface area contributed by atoms with Crippen LogP contribution in [0.2, 0.25) is 10.0 Å². The predicted octanol–water partition coefficient (Wildman–Crippen LogP) is 4.48. The molecule has 0 radical (unpaired) electrons. The summed E-state index contributed by atoms with van der Waals surface area (Å²) < 4.78 is 0. The van der Waals surface area contributed by atoms with Crippen LogP contribution in [-0.2, 0) is 12.1 Å². The van der Waals surface area contributed by atoms with Crippen LogP contribution in [0.15, 0.2) is 48.5 Å². The molecule has 1 N–H and O–H groups in total. The summed E-state index contributed by atoms with van der Waals surface area (Å²) in [4.78, 5) is 2.37. The lowest BCUT2D eigenvalue weighted by molar-refractivity contribution is -0.0277. The molecular weight excluding hydrogens is 317 g/mol. The maximum absolute atomic E-state index is 10.9. The van der Waals surface area contributed by atoms with E-state index >= 15 is 0 Å². The Labute approximate surface area is 141 Å². The lowest BCUT2D eigenvalue weighted by Gasteiger charge is -2.38. The fraction of sp³-hybridized carbons (Fsp3) is 0.333. The second-order valence-electron chi connectivity index (χ2n) is 5.95. The summed E-state index contributed by atoms with van der Waals surface area (Å²) in [6.07, 6.45) is 1.38. The SMILES string of the molecule is OC1(c2cc(Cl)cc(Cl)c2)CCN(Cc2ccccc2)CC1. The third kappa shape index (κ3) is 3.64. The molecule has 0 aliphatic carbocycles. The standard InChI is InChI=1S/C18H19Cl2NO/c19-16-10-15(11-17(20)12-16)18(22)6-8-21(9-7-18)13-14-4-2-1-3-5-14/h1-5,10-12,22H,6-9,13H2. The van der Waals surface area contributed by atoms with Crippen molar-refractivity contribution >= 4 is 23.2 Å². The van der Waals surface area contributed by atoms with Gasteiger partial charge in [0.25, 0.3) is 0 Å². The molecule has 3 rings (SSSR count). The Kier molecular flexibility index (Phi) is 4.74. The molecule has 22 heavy (non-hydrogen) atoms. The Bertz CT molecular complexity index is 617. The van der Waals surface area contributed by atoms with Crippen molar-refractivity contribution in [3.05, 3.63) is 69.7 Å². The van der Waals surface area contributed by atoms with Crippen molar-refractivity contribution in [2.75, 3.05) is 13.1 Å². The van der Waals surface area contributed by atoms with E-state index in [1.807, 2.05) is 18.2 Å². The molecule has 2 nitrogen and oxygen atoms in total. The zero-order valence-electron chi connectivity index (χ0n) is 12.3. The number of hydrogen-bond donors (Lipinski definition) is 1. The number of benzene rings is 2. The number of halogens is 2. The van der Waals surface area contributed by atoms with Gasteiger partial charge in [0.2, 0.25) is 0 Å². The molecule has 0 bridgehead atoms. The van der Waals surface area contributed by atoms with Crippen LogP contribution in [0, 0.1) is 0 Å². The van der Waals surface area contributed by atoms with E-state index < -0.39 is 5.60 Å². The van der Waals surface area contributed by atoms with Gasteiger partial charge in [-0.1, -0.05) is 53.5 Å². The molecule has 0 spiro atoms. The third-order valence-corrected chi connectivity index (χ3v) is 4.77. The van der Waals surface area contributed by atoms with Crippen molar-refractivity contribution < 1.29 is 5.11 Å². The van der Waals surface area contributed by atoms with Crippen LogP contribution >= 0.6 is 23.2 Å². The summed E-state index contributed by atoms with van der Waals surface area (Å²) in [5.74, 6) is 0. The van der Waals surface area contributed by atoms with Crippen LogP contribution in [0.4, 0.5) is 0 Å². The minimum atomic E-state index is -0.832. The highest BCUT2D eigenvalue weighted by Crippen LogP contribution is 2.35. The van der Waals surface area contributed by atoms with Gasteiger partial charge in [0.05, 0.1) is 5.60 Å². The first kappa shape index (κ1) is 15.8. The molecule has 116 valence electrons. The topological polar surface area (TPSA) is 23.5 Å². The van der Waals surface area contributed by atoms with Gasteiger partial charge in [0.1, 0.15) is 0 Å². The van der Waals surface area contributed by atoms with Gasteiger partial charge in [-0.2, -0.15) is 0 Å². The van der Waals surface area contributed by atoms with Gasteiger partial charge in [0, 0.05) is 29.7 Å². The largest absolute Gasteiger partial charge is 0.385 e. The lowest BCUT2D eigenvalue weighted by atomic mass is 9.84. The van der Waals surface area contributed by atoms with Crippen LogP contribution in [0.25, 0.3) is 0 Å². The van der Waals surface area contributed by atoms with Gasteiger partial charge in [-0.25, -0.2) is 0 Å². The monoisotopic (exact) mass is 335 g/mol. The normalized spacial score (nSPS) is 18.3. The molecule has 0 atom stereocenters. The number of aliphatic hydroxyl groups is 1. The number of rotatable bonds is 3. The first-order chi connectivity index (χ1) is 10.5. The van der Waals surface area contributed by atoms with Crippen molar-refractivity contribution in [3.63, 3.8) is 0 Å². The second-order valence-corrected chi connectivity index (χ2v) is 6.82. The highest BCUT2D eigenvalue weighted by atomic mass is 35.5. The Morgan fingerprint density at radius 2 is 1.55 bits per heavy atom. The Morgan fingerprint density at radius 3 is 2.14 bits per heavy atom. The van der Waals surface area contributed by atoms with E-state index in [1.54, 1.807) is 6.07 Å². The van der Waals surface area contributed by atoms with Crippen molar-refractivity contribution in [1.82, 2.24) is 4.90 Å². The number of likely N-dealkylation sites (tertiary alicyclic amines) is 1. The molecule has 0 saturated carbocycles. The molecule has 4 heteroatoms. The van der Waals surface area contributed by atoms with Crippen molar-refractivity contribution in [3.8, 4) is 0 Å². The van der Waals surface area contributed by atoms with E-state index in [0.717, 1.165) is 25.2 Å². The van der Waals surface area contributed by atoms with Crippen molar-refractivity contribution in [2.24, 2.45) is 0 Å². The molecule has 1 aliphatic heterocycles. The summed E-state index contributed by atoms with van der Waals surface area (Å²) in [6, 6.07) is 15.8. The quantitative estimate of drug-likeness (QED) is 0.893. The van der Waals surface area contributed by atoms with Gasteiger partial charge in [-0.15, -0.1) is 0 Å². The van der Waals surface area contributed by atoms with Gasteiger partial charge < -0.3 is 5.11 Å². The van der Waals surface area contributed by atoms with Gasteiger partial charge >= 0.3 is 0 Å². The van der Waals surface area contributed by atoms with Crippen LogP contribution < -0.4 is 0 Å². The van der Waals surface area contributed by atoms with E-state index in [-0.39, 0.29) is 0 Å². The van der Waals surface area contributed by atoms with E-state index in [2.05, 4.69) is 29.2 Å². The van der Waals surface area contributed by atoms with Crippen LogP contribution in [0.3, 0.4) is 0 Å². The summed E-state index contributed by atoms with van der Waals surface area (Å²) in [5, 5.41) is 12.1. The molecule has 0 amide bonds. The van der Waals surface area contributed by atoms with Crippen LogP contribution in [0.1, 0.15) is 24.0 Å². The first-order valence-electron chi connectivity index (χ1n) is 7.50. The molecule has 1 saturated heterocycles. The van der Waals surface area contributed by atoms with Gasteiger partial charge in [-0.05, 0) is 42.2 Å². The predicted molar refractivity (Wildman–Crippen MR) is 91.3 cm³/mol. The molecular formula is C18H19Cl2NO. The minimum Gasteiger partial charge on any atom is -0.385 e. The smallest absolute Gasteiger partial charge is 0.0922 e. The van der Waals surface area contributed by atoms with Crippen molar-refractivity contribution in [2.45, 2.75) is 25.0 Å². The maximum atomic E-state index is 10.9. The maximum Gasteiger partial charge on any atom is 0.0922 e. The molecule has 1 heterocycles. The molecule has 0 aromatic heterocycles. The minimum absolute atomic E-state index is 0.572. The fourth-order valence-electron chi connectivity index (χ4n) is 3.03. The third-order valence-electron chi connectivity index (χ3n) is 4.33. The molecule has 2 aromatic carbocycles. The van der Waals surface area contributed by atoms with Gasteiger partial charge in [-0.3, -0.25) is 4.90 Å². The average molecular weight is 336 g/mol. The number of hydrogen-bond acceptors (Lipinski definition) is 2. The molecule has 2 aromatic rings. The van der Waals surface area contributed by atoms with Crippen LogP contribution in [0.5, 0.6) is 0 Å². The second kappa shape index (κ2) is 6.59. The Hall–Kier alpha value is -1.06. The first-order valence-corrected chi connectivity index (χ1v) is 8.26.